The second-order valence-electron chi connectivity index (χ2n) is 10.6. The number of hydrogen-bond donors (Lipinski definition) is 0. The number of esters is 2. The van der Waals surface area contributed by atoms with Crippen LogP contribution in [0, 0.1) is 11.8 Å². The Morgan fingerprint density at radius 1 is 0.780 bits per heavy atom. The van der Waals surface area contributed by atoms with Crippen molar-refractivity contribution in [1.29, 1.82) is 0 Å². The van der Waals surface area contributed by atoms with E-state index in [1.54, 1.807) is 27.7 Å². The van der Waals surface area contributed by atoms with Gasteiger partial charge in [0.2, 0.25) is 13.6 Å². The van der Waals surface area contributed by atoms with Gasteiger partial charge in [-0.15, -0.1) is 0 Å². The summed E-state index contributed by atoms with van der Waals surface area (Å²) < 4.78 is 69.6. The first kappa shape index (κ1) is 43.0. The summed E-state index contributed by atoms with van der Waals surface area (Å²) in [5.74, 6) is -2.41. The molecule has 0 aliphatic carbocycles. The summed E-state index contributed by atoms with van der Waals surface area (Å²) in [6.45, 7) is 12.7. The van der Waals surface area contributed by atoms with Crippen molar-refractivity contribution in [2.75, 3.05) is 13.6 Å². The number of ether oxygens (including phenoxy) is 2. The van der Waals surface area contributed by atoms with Crippen LogP contribution in [0.3, 0.4) is 0 Å². The fraction of sp³-hybridized carbons (Fsp3) is 0.714. The molecule has 41 heavy (non-hydrogen) atoms. The molecule has 0 spiro atoms. The monoisotopic (exact) mass is 646 g/mol. The maximum Gasteiger partial charge on any atom is 1.00 e. The van der Waals surface area contributed by atoms with Crippen LogP contribution in [-0.2, 0) is 42.8 Å². The molecular weight excluding hydrogens is 598 g/mol. The molecule has 0 N–H and O–H groups in total. The van der Waals surface area contributed by atoms with Crippen molar-refractivity contribution >= 4 is 29.7 Å². The summed E-state index contributed by atoms with van der Waals surface area (Å²) in [6, 6.07) is 0. The van der Waals surface area contributed by atoms with E-state index >= 15 is 0 Å². The van der Waals surface area contributed by atoms with Crippen molar-refractivity contribution in [1.82, 2.24) is 0 Å². The maximum absolute atomic E-state index is 13.5. The summed E-state index contributed by atoms with van der Waals surface area (Å²) in [4.78, 5) is 21.4. The average Bonchev–Trinajstić information content (AvgIpc) is 2.82. The van der Waals surface area contributed by atoms with Crippen LogP contribution < -0.4 is 51.4 Å². The fourth-order valence-electron chi connectivity index (χ4n) is 3.29. The zero-order valence-electron chi connectivity index (χ0n) is 26.3. The molecule has 10 nitrogen and oxygen atoms in total. The Morgan fingerprint density at radius 3 is 1.59 bits per heavy atom. The Hall–Kier alpha value is -0.144. The fourth-order valence-corrected chi connectivity index (χ4v) is 6.68. The van der Waals surface area contributed by atoms with Gasteiger partial charge in [-0.25, -0.2) is 8.42 Å². The van der Waals surface area contributed by atoms with Crippen molar-refractivity contribution in [3.63, 3.8) is 0 Å². The molecule has 0 heterocycles. The van der Waals surface area contributed by atoms with Crippen molar-refractivity contribution in [3.05, 3.63) is 34.9 Å². The normalized spacial score (nSPS) is 13.5. The summed E-state index contributed by atoms with van der Waals surface area (Å²) >= 11 is 0. The van der Waals surface area contributed by atoms with Crippen molar-refractivity contribution in [2.24, 2.45) is 11.8 Å². The Bertz CT molecular complexity index is 1010. The molecule has 0 aliphatic rings. The van der Waals surface area contributed by atoms with E-state index < -0.39 is 60.1 Å². The van der Waals surface area contributed by atoms with Gasteiger partial charge in [-0.05, 0) is 72.6 Å². The minimum Gasteiger partial charge on any atom is -0.747 e. The average molecular weight is 647 g/mol. The first-order valence-corrected chi connectivity index (χ1v) is 16.7. The largest absolute Gasteiger partial charge is 1.00 e. The minimum absolute atomic E-state index is 0. The number of rotatable bonds is 20. The molecule has 0 fully saturated rings. The predicted octanol–water partition coefficient (Wildman–Crippen LogP) is 3.99. The van der Waals surface area contributed by atoms with E-state index in [0.717, 1.165) is 31.3 Å². The van der Waals surface area contributed by atoms with E-state index in [0.29, 0.717) is 6.42 Å². The van der Waals surface area contributed by atoms with Crippen molar-refractivity contribution in [3.8, 4) is 0 Å². The maximum atomic E-state index is 13.5. The van der Waals surface area contributed by atoms with Gasteiger partial charge in [0.25, 0.3) is 0 Å². The molecule has 0 aromatic carbocycles. The van der Waals surface area contributed by atoms with E-state index in [-0.39, 0.29) is 64.2 Å². The Morgan fingerprint density at radius 2 is 1.20 bits per heavy atom. The van der Waals surface area contributed by atoms with E-state index in [1.807, 2.05) is 13.0 Å². The van der Waals surface area contributed by atoms with Crippen LogP contribution in [0.15, 0.2) is 34.9 Å². The van der Waals surface area contributed by atoms with Gasteiger partial charge in [-0.1, -0.05) is 62.6 Å². The van der Waals surface area contributed by atoms with Crippen molar-refractivity contribution in [2.45, 2.75) is 105 Å². The molecule has 1 unspecified atom stereocenters. The van der Waals surface area contributed by atoms with Crippen LogP contribution in [0.5, 0.6) is 0 Å². The quantitative estimate of drug-likeness (QED) is 0.0362. The zero-order valence-corrected chi connectivity index (χ0v) is 31.1. The molecular formula is C28H48KO10PS. The van der Waals surface area contributed by atoms with Gasteiger partial charge < -0.3 is 14.0 Å². The van der Waals surface area contributed by atoms with Gasteiger partial charge in [0.15, 0.2) is 4.99 Å². The van der Waals surface area contributed by atoms with Gasteiger partial charge >= 0.3 is 70.9 Å². The Kier molecular flexibility index (Phi) is 23.5. The molecule has 0 saturated heterocycles. The molecule has 0 rings (SSSR count). The smallest absolute Gasteiger partial charge is 0.747 e. The zero-order chi connectivity index (χ0) is 30.9. The molecule has 0 bridgehead atoms. The molecule has 232 valence electrons. The first-order valence-electron chi connectivity index (χ1n) is 13.6. The van der Waals surface area contributed by atoms with Crippen LogP contribution in [0.1, 0.15) is 100 Å². The van der Waals surface area contributed by atoms with E-state index in [2.05, 4.69) is 32.9 Å². The Balaban J connectivity index is 0. The minimum atomic E-state index is -5.17. The van der Waals surface area contributed by atoms with Gasteiger partial charge in [0, 0.05) is 0 Å². The molecule has 0 amide bonds. The summed E-state index contributed by atoms with van der Waals surface area (Å²) in [6.07, 6.45) is 10.4. The van der Waals surface area contributed by atoms with Gasteiger partial charge in [-0.2, -0.15) is 0 Å². The van der Waals surface area contributed by atoms with Crippen LogP contribution in [0.2, 0.25) is 0 Å². The molecule has 13 heteroatoms. The third kappa shape index (κ3) is 20.4. The molecule has 0 saturated carbocycles. The third-order valence-electron chi connectivity index (χ3n) is 5.77. The van der Waals surface area contributed by atoms with Gasteiger partial charge in [0.05, 0.1) is 11.8 Å². The molecule has 0 radical (unpaired) electrons. The van der Waals surface area contributed by atoms with Crippen LogP contribution in [-0.4, -0.2) is 43.5 Å². The summed E-state index contributed by atoms with van der Waals surface area (Å²) in [5.41, 5.74) is 3.73. The van der Waals surface area contributed by atoms with Crippen LogP contribution in [0.25, 0.3) is 0 Å². The topological polar surface area (TPSA) is 145 Å². The third-order valence-corrected chi connectivity index (χ3v) is 10.1. The Labute approximate surface area is 289 Å². The van der Waals surface area contributed by atoms with Crippen LogP contribution >= 0.6 is 7.60 Å². The number of hydrogen-bond acceptors (Lipinski definition) is 10. The number of carbonyl (C=O) groups excluding carboxylic acids is 2. The van der Waals surface area contributed by atoms with Crippen LogP contribution in [0.4, 0.5) is 0 Å². The predicted molar refractivity (Wildman–Crippen MR) is 154 cm³/mol. The summed E-state index contributed by atoms with van der Waals surface area (Å²) in [5, 5.41) is 0. The number of allylic oxidation sites excluding steroid dienone is 6. The second-order valence-corrected chi connectivity index (χ2v) is 14.7. The molecule has 1 atom stereocenters. The van der Waals surface area contributed by atoms with E-state index in [4.69, 9.17) is 18.5 Å². The standard InChI is InChI=1S/C28H49O10PS.K/c1-21(2)13-11-15-25(8)17-12-16-24(7)14-9-10-18-26(40(32,33)34)39(31,37-19-35-27(29)22(3)4)38-20-36-28(30)23(5)6;/h13-14,17,22-23,26H,9-12,15-16,18-20H2,1-8H3,(H,32,33,34);/q;+1/p-1/b24-14+,25-17+;. The molecule has 0 aromatic heterocycles. The van der Waals surface area contributed by atoms with Gasteiger partial charge in [-0.3, -0.25) is 23.2 Å². The van der Waals surface area contributed by atoms with Gasteiger partial charge in [0.1, 0.15) is 10.1 Å². The second kappa shape index (κ2) is 22.4. The summed E-state index contributed by atoms with van der Waals surface area (Å²) in [7, 11) is -9.89. The van der Waals surface area contributed by atoms with Crippen molar-refractivity contribution < 1.29 is 97.0 Å². The molecule has 0 aliphatic heterocycles. The number of unbranched alkanes of at least 4 members (excludes halogenated alkanes) is 1. The van der Waals surface area contributed by atoms with E-state index in [1.165, 1.54) is 11.1 Å². The van der Waals surface area contributed by atoms with E-state index in [9.17, 15) is 27.1 Å². The number of carbonyl (C=O) groups is 2. The molecule has 0 aromatic rings. The SMILES string of the molecule is CC(C)=CCC/C(C)=C/CC/C(C)=C/CCCC(P(=O)(OCOC(=O)C(C)C)OCOC(=O)C(C)C)S(=O)(=O)[O-].[K+]. The first-order chi connectivity index (χ1) is 18.5.